The molecule has 0 amide bonds. The van der Waals surface area contributed by atoms with E-state index in [1.54, 1.807) is 13.4 Å². The number of ether oxygens (including phenoxy) is 1. The normalized spacial score (nSPS) is 16.0. The van der Waals surface area contributed by atoms with Crippen molar-refractivity contribution >= 4 is 17.6 Å². The number of piperidine rings is 1. The van der Waals surface area contributed by atoms with Gasteiger partial charge in [0.2, 0.25) is 0 Å². The fraction of sp³-hybridized carbons (Fsp3) is 0.500. The molecule has 0 aliphatic carbocycles. The monoisotopic (exact) mass is 376 g/mol. The van der Waals surface area contributed by atoms with E-state index in [2.05, 4.69) is 32.3 Å². The Balaban J connectivity index is 1.66. The van der Waals surface area contributed by atoms with Gasteiger partial charge in [-0.3, -0.25) is 5.10 Å². The van der Waals surface area contributed by atoms with Crippen molar-refractivity contribution in [2.45, 2.75) is 32.2 Å². The zero-order chi connectivity index (χ0) is 18.4. The molecule has 7 nitrogen and oxygen atoms in total. The van der Waals surface area contributed by atoms with Crippen LogP contribution in [0.1, 0.15) is 37.1 Å². The third-order valence-electron chi connectivity index (χ3n) is 4.60. The first-order chi connectivity index (χ1) is 12.7. The molecule has 3 rings (SSSR count). The molecule has 26 heavy (non-hydrogen) atoms. The molecule has 0 bridgehead atoms. The molecule has 2 heterocycles. The van der Waals surface area contributed by atoms with Crippen LogP contribution in [0.2, 0.25) is 5.02 Å². The third kappa shape index (κ3) is 4.46. The van der Waals surface area contributed by atoms with E-state index in [0.717, 1.165) is 55.6 Å². The van der Waals surface area contributed by atoms with Gasteiger partial charge >= 0.3 is 0 Å². The fourth-order valence-electron chi connectivity index (χ4n) is 3.21. The SMILES string of the molecule is CCNC(=NCc1ccc(Cl)cc1OC)N1CCC(c2ncn[nH]2)CC1. The number of guanidine groups is 1. The van der Waals surface area contributed by atoms with Gasteiger partial charge in [0.25, 0.3) is 0 Å². The van der Waals surface area contributed by atoms with Gasteiger partial charge in [0, 0.05) is 36.1 Å². The Morgan fingerprint density at radius 3 is 2.88 bits per heavy atom. The van der Waals surface area contributed by atoms with Crippen molar-refractivity contribution in [1.82, 2.24) is 25.4 Å². The number of aliphatic imine (C=N–C) groups is 1. The second kappa shape index (κ2) is 8.89. The van der Waals surface area contributed by atoms with Gasteiger partial charge < -0.3 is 15.0 Å². The van der Waals surface area contributed by atoms with Crippen LogP contribution in [-0.4, -0.2) is 52.8 Å². The smallest absolute Gasteiger partial charge is 0.194 e. The van der Waals surface area contributed by atoms with Crippen molar-refractivity contribution in [3.8, 4) is 5.75 Å². The Bertz CT molecular complexity index is 725. The Labute approximate surface area is 158 Å². The zero-order valence-corrected chi connectivity index (χ0v) is 16.0. The lowest BCUT2D eigenvalue weighted by Gasteiger charge is -2.33. The maximum Gasteiger partial charge on any atom is 0.194 e. The average Bonchev–Trinajstić information content (AvgIpc) is 3.21. The van der Waals surface area contributed by atoms with Crippen LogP contribution in [0.5, 0.6) is 5.75 Å². The van der Waals surface area contributed by atoms with Crippen molar-refractivity contribution < 1.29 is 4.74 Å². The number of likely N-dealkylation sites (tertiary alicyclic amines) is 1. The molecule has 2 N–H and O–H groups in total. The summed E-state index contributed by atoms with van der Waals surface area (Å²) in [6.45, 7) is 5.34. The van der Waals surface area contributed by atoms with E-state index in [9.17, 15) is 0 Å². The third-order valence-corrected chi connectivity index (χ3v) is 4.83. The summed E-state index contributed by atoms with van der Waals surface area (Å²) in [5.41, 5.74) is 1.02. The van der Waals surface area contributed by atoms with E-state index in [-0.39, 0.29) is 0 Å². The van der Waals surface area contributed by atoms with Crippen LogP contribution in [0.15, 0.2) is 29.5 Å². The molecule has 0 radical (unpaired) electrons. The van der Waals surface area contributed by atoms with Crippen LogP contribution < -0.4 is 10.1 Å². The predicted octanol–water partition coefficient (Wildman–Crippen LogP) is 2.81. The number of rotatable bonds is 5. The maximum absolute atomic E-state index is 6.04. The largest absolute Gasteiger partial charge is 0.496 e. The molecule has 2 aromatic rings. The minimum Gasteiger partial charge on any atom is -0.496 e. The lowest BCUT2D eigenvalue weighted by atomic mass is 9.96. The van der Waals surface area contributed by atoms with E-state index in [1.165, 1.54) is 0 Å². The standard InChI is InChI=1S/C18H25ClN6O/c1-3-20-18(21-11-14-4-5-15(19)10-16(14)26-2)25-8-6-13(7-9-25)17-22-12-23-24-17/h4-5,10,12-13H,3,6-9,11H2,1-2H3,(H,20,21)(H,22,23,24). The molecule has 1 aliphatic heterocycles. The molecule has 0 spiro atoms. The summed E-state index contributed by atoms with van der Waals surface area (Å²) in [5, 5.41) is 11.0. The number of nitrogens with zero attached hydrogens (tertiary/aromatic N) is 4. The molecular weight excluding hydrogens is 352 g/mol. The molecule has 1 saturated heterocycles. The lowest BCUT2D eigenvalue weighted by molar-refractivity contribution is 0.298. The summed E-state index contributed by atoms with van der Waals surface area (Å²) >= 11 is 6.04. The molecule has 0 unspecified atom stereocenters. The highest BCUT2D eigenvalue weighted by atomic mass is 35.5. The van der Waals surface area contributed by atoms with Crippen LogP contribution >= 0.6 is 11.6 Å². The van der Waals surface area contributed by atoms with Gasteiger partial charge in [-0.15, -0.1) is 0 Å². The number of halogens is 1. The number of hydrogen-bond acceptors (Lipinski definition) is 4. The van der Waals surface area contributed by atoms with Crippen LogP contribution in [0.4, 0.5) is 0 Å². The molecular formula is C18H25ClN6O. The van der Waals surface area contributed by atoms with E-state index < -0.39 is 0 Å². The molecule has 1 aliphatic rings. The molecule has 1 aromatic carbocycles. The Kier molecular flexibility index (Phi) is 6.33. The van der Waals surface area contributed by atoms with Crippen molar-refractivity contribution in [2.24, 2.45) is 4.99 Å². The zero-order valence-electron chi connectivity index (χ0n) is 15.2. The van der Waals surface area contributed by atoms with Gasteiger partial charge in [-0.05, 0) is 31.9 Å². The summed E-state index contributed by atoms with van der Waals surface area (Å²) in [7, 11) is 1.65. The van der Waals surface area contributed by atoms with Crippen LogP contribution in [0.3, 0.4) is 0 Å². The molecule has 0 saturated carbocycles. The Morgan fingerprint density at radius 1 is 1.42 bits per heavy atom. The van der Waals surface area contributed by atoms with Gasteiger partial charge in [0.15, 0.2) is 5.96 Å². The van der Waals surface area contributed by atoms with E-state index in [4.69, 9.17) is 21.3 Å². The summed E-state index contributed by atoms with van der Waals surface area (Å²) in [4.78, 5) is 11.4. The van der Waals surface area contributed by atoms with Crippen LogP contribution in [0.25, 0.3) is 0 Å². The summed E-state index contributed by atoms with van der Waals surface area (Å²) in [6, 6.07) is 5.65. The predicted molar refractivity (Wildman–Crippen MR) is 103 cm³/mol. The quantitative estimate of drug-likeness (QED) is 0.619. The lowest BCUT2D eigenvalue weighted by Crippen LogP contribution is -2.45. The van der Waals surface area contributed by atoms with Gasteiger partial charge in [0.1, 0.15) is 17.9 Å². The number of aromatic nitrogens is 3. The topological polar surface area (TPSA) is 78.4 Å². The van der Waals surface area contributed by atoms with Crippen molar-refractivity contribution in [2.75, 3.05) is 26.7 Å². The van der Waals surface area contributed by atoms with Crippen LogP contribution in [-0.2, 0) is 6.54 Å². The highest BCUT2D eigenvalue weighted by molar-refractivity contribution is 6.30. The number of nitrogens with one attached hydrogen (secondary N) is 2. The summed E-state index contributed by atoms with van der Waals surface area (Å²) in [5.74, 6) is 3.12. The van der Waals surface area contributed by atoms with E-state index in [0.29, 0.717) is 17.5 Å². The average molecular weight is 377 g/mol. The van der Waals surface area contributed by atoms with E-state index >= 15 is 0 Å². The first kappa shape index (κ1) is 18.5. The number of methoxy groups -OCH3 is 1. The highest BCUT2D eigenvalue weighted by Gasteiger charge is 2.24. The summed E-state index contributed by atoms with van der Waals surface area (Å²) in [6.07, 6.45) is 3.64. The number of benzene rings is 1. The van der Waals surface area contributed by atoms with Gasteiger partial charge in [-0.25, -0.2) is 9.98 Å². The number of hydrogen-bond donors (Lipinski definition) is 2. The fourth-order valence-corrected chi connectivity index (χ4v) is 3.37. The van der Waals surface area contributed by atoms with Crippen molar-refractivity contribution in [3.05, 3.63) is 40.9 Å². The molecule has 8 heteroatoms. The molecule has 1 fully saturated rings. The molecule has 140 valence electrons. The minimum atomic E-state index is 0.438. The first-order valence-electron chi connectivity index (χ1n) is 8.92. The minimum absolute atomic E-state index is 0.438. The summed E-state index contributed by atoms with van der Waals surface area (Å²) < 4.78 is 5.42. The Hall–Kier alpha value is -2.28. The molecule has 0 atom stereocenters. The van der Waals surface area contributed by atoms with Gasteiger partial charge in [-0.1, -0.05) is 17.7 Å². The van der Waals surface area contributed by atoms with Crippen molar-refractivity contribution in [3.63, 3.8) is 0 Å². The van der Waals surface area contributed by atoms with Gasteiger partial charge in [0.05, 0.1) is 13.7 Å². The number of H-pyrrole nitrogens is 1. The van der Waals surface area contributed by atoms with E-state index in [1.807, 2.05) is 18.2 Å². The molecule has 1 aromatic heterocycles. The number of aromatic amines is 1. The second-order valence-electron chi connectivity index (χ2n) is 6.26. The first-order valence-corrected chi connectivity index (χ1v) is 9.30. The van der Waals surface area contributed by atoms with Crippen molar-refractivity contribution in [1.29, 1.82) is 0 Å². The Morgan fingerprint density at radius 2 is 2.23 bits per heavy atom. The van der Waals surface area contributed by atoms with Gasteiger partial charge in [-0.2, -0.15) is 5.10 Å². The van der Waals surface area contributed by atoms with Crippen LogP contribution in [0, 0.1) is 0 Å². The highest BCUT2D eigenvalue weighted by Crippen LogP contribution is 2.26. The maximum atomic E-state index is 6.04. The second-order valence-corrected chi connectivity index (χ2v) is 6.69.